The molecule has 6 heteroatoms. The van der Waals surface area contributed by atoms with E-state index in [4.69, 9.17) is 0 Å². The number of amides is 1. The molecule has 1 fully saturated rings. The molecule has 1 amide bonds. The molecule has 0 bridgehead atoms. The van der Waals surface area contributed by atoms with Gasteiger partial charge in [-0.2, -0.15) is 0 Å². The van der Waals surface area contributed by atoms with Crippen LogP contribution in [-0.2, 0) is 11.2 Å². The molecular formula is C24H26FN3OS. The molecule has 2 heterocycles. The summed E-state index contributed by atoms with van der Waals surface area (Å²) in [5, 5.41) is 6.00. The molecule has 1 saturated heterocycles. The number of hydrogen-bond acceptors (Lipinski definition) is 4. The van der Waals surface area contributed by atoms with E-state index in [1.807, 2.05) is 47.8 Å². The number of carbonyl (C=O) groups is 1. The van der Waals surface area contributed by atoms with Crippen LogP contribution in [0, 0.1) is 11.7 Å². The van der Waals surface area contributed by atoms with Gasteiger partial charge in [-0.25, -0.2) is 9.37 Å². The maximum Gasteiger partial charge on any atom is 0.235 e. The molecule has 4 nitrogen and oxygen atoms in total. The Morgan fingerprint density at radius 3 is 2.53 bits per heavy atom. The van der Waals surface area contributed by atoms with Crippen molar-refractivity contribution in [3.8, 4) is 0 Å². The third-order valence-corrected chi connectivity index (χ3v) is 6.49. The Hall–Kier alpha value is -2.57. The van der Waals surface area contributed by atoms with Crippen LogP contribution in [0.2, 0.25) is 0 Å². The number of carbonyl (C=O) groups excluding carboxylic acids is 1. The minimum atomic E-state index is -0.213. The molecule has 1 aromatic heterocycles. The Bertz CT molecular complexity index is 923. The van der Waals surface area contributed by atoms with E-state index in [9.17, 15) is 9.18 Å². The van der Waals surface area contributed by atoms with Gasteiger partial charge in [-0.1, -0.05) is 42.5 Å². The Kier molecular flexibility index (Phi) is 6.87. The Labute approximate surface area is 180 Å². The second-order valence-corrected chi connectivity index (χ2v) is 8.76. The van der Waals surface area contributed by atoms with Crippen molar-refractivity contribution >= 4 is 17.2 Å². The van der Waals surface area contributed by atoms with Crippen LogP contribution in [0.25, 0.3) is 0 Å². The Morgan fingerprint density at radius 1 is 1.13 bits per heavy atom. The van der Waals surface area contributed by atoms with Crippen LogP contribution in [0.5, 0.6) is 0 Å². The van der Waals surface area contributed by atoms with Crippen molar-refractivity contribution in [1.29, 1.82) is 0 Å². The average molecular weight is 424 g/mol. The summed E-state index contributed by atoms with van der Waals surface area (Å²) in [6, 6.07) is 16.6. The lowest BCUT2D eigenvalue weighted by atomic mass is 9.90. The molecule has 1 aliphatic heterocycles. The van der Waals surface area contributed by atoms with Crippen LogP contribution in [0.1, 0.15) is 35.0 Å². The van der Waals surface area contributed by atoms with Gasteiger partial charge in [0.05, 0.1) is 6.54 Å². The van der Waals surface area contributed by atoms with E-state index in [0.29, 0.717) is 12.5 Å². The molecule has 1 N–H and O–H groups in total. The molecule has 1 unspecified atom stereocenters. The van der Waals surface area contributed by atoms with Crippen molar-refractivity contribution in [3.05, 3.63) is 88.1 Å². The van der Waals surface area contributed by atoms with E-state index in [1.54, 1.807) is 17.5 Å². The fourth-order valence-electron chi connectivity index (χ4n) is 4.02. The number of piperidine rings is 1. The average Bonchev–Trinajstić information content (AvgIpc) is 3.30. The van der Waals surface area contributed by atoms with Crippen molar-refractivity contribution in [2.75, 3.05) is 19.6 Å². The first-order chi connectivity index (χ1) is 14.7. The summed E-state index contributed by atoms with van der Waals surface area (Å²) in [7, 11) is 0. The summed E-state index contributed by atoms with van der Waals surface area (Å²) in [4.78, 5) is 19.4. The third-order valence-electron chi connectivity index (χ3n) is 5.65. The van der Waals surface area contributed by atoms with E-state index < -0.39 is 0 Å². The molecule has 0 radical (unpaired) electrons. The van der Waals surface area contributed by atoms with Crippen LogP contribution in [0.15, 0.2) is 66.2 Å². The van der Waals surface area contributed by atoms with Crippen LogP contribution in [-0.4, -0.2) is 35.4 Å². The van der Waals surface area contributed by atoms with Gasteiger partial charge in [0.1, 0.15) is 16.9 Å². The largest absolute Gasteiger partial charge is 0.342 e. The highest BCUT2D eigenvalue weighted by atomic mass is 32.1. The molecule has 0 spiro atoms. The van der Waals surface area contributed by atoms with E-state index in [-0.39, 0.29) is 17.8 Å². The summed E-state index contributed by atoms with van der Waals surface area (Å²) < 4.78 is 13.1. The van der Waals surface area contributed by atoms with E-state index in [2.05, 4.69) is 15.2 Å². The van der Waals surface area contributed by atoms with Gasteiger partial charge < -0.3 is 5.32 Å². The summed E-state index contributed by atoms with van der Waals surface area (Å²) in [5.74, 6) is 0.421. The van der Waals surface area contributed by atoms with Crippen molar-refractivity contribution < 1.29 is 9.18 Å². The maximum atomic E-state index is 13.1. The van der Waals surface area contributed by atoms with Gasteiger partial charge >= 0.3 is 0 Å². The first kappa shape index (κ1) is 20.7. The van der Waals surface area contributed by atoms with E-state index in [0.717, 1.165) is 42.9 Å². The first-order valence-electron chi connectivity index (χ1n) is 10.4. The van der Waals surface area contributed by atoms with Crippen molar-refractivity contribution in [3.63, 3.8) is 0 Å². The number of hydrogen-bond donors (Lipinski definition) is 1. The molecular weight excluding hydrogens is 397 g/mol. The number of rotatable bonds is 7. The van der Waals surface area contributed by atoms with Gasteiger partial charge in [-0.05, 0) is 61.5 Å². The molecule has 30 heavy (non-hydrogen) atoms. The zero-order chi connectivity index (χ0) is 20.8. The SMILES string of the molecule is O=C(CN1CCC(Cc2ccc(F)cc2)CC1)NC(c1ccccc1)c1nccs1. The van der Waals surface area contributed by atoms with Crippen LogP contribution >= 0.6 is 11.3 Å². The van der Waals surface area contributed by atoms with Gasteiger partial charge in [0.2, 0.25) is 5.91 Å². The monoisotopic (exact) mass is 423 g/mol. The molecule has 156 valence electrons. The molecule has 0 aliphatic carbocycles. The third kappa shape index (κ3) is 5.52. The molecule has 3 aromatic rings. The quantitative estimate of drug-likeness (QED) is 0.611. The molecule has 4 rings (SSSR count). The topological polar surface area (TPSA) is 45.2 Å². The van der Waals surface area contributed by atoms with Crippen molar-refractivity contribution in [1.82, 2.24) is 15.2 Å². The predicted molar refractivity (Wildman–Crippen MR) is 118 cm³/mol. The fourth-order valence-corrected chi connectivity index (χ4v) is 4.74. The lowest BCUT2D eigenvalue weighted by Crippen LogP contribution is -2.42. The van der Waals surface area contributed by atoms with Crippen molar-refractivity contribution in [2.45, 2.75) is 25.3 Å². The highest BCUT2D eigenvalue weighted by molar-refractivity contribution is 7.09. The predicted octanol–water partition coefficient (Wildman–Crippen LogP) is 4.44. The van der Waals surface area contributed by atoms with Gasteiger partial charge in [0.25, 0.3) is 0 Å². The lowest BCUT2D eigenvalue weighted by Gasteiger charge is -2.32. The zero-order valence-corrected chi connectivity index (χ0v) is 17.7. The Balaban J connectivity index is 1.29. The molecule has 2 aromatic carbocycles. The van der Waals surface area contributed by atoms with Crippen LogP contribution in [0.3, 0.4) is 0 Å². The van der Waals surface area contributed by atoms with Gasteiger partial charge in [-0.3, -0.25) is 9.69 Å². The Morgan fingerprint density at radius 2 is 1.87 bits per heavy atom. The second kappa shape index (κ2) is 9.96. The lowest BCUT2D eigenvalue weighted by molar-refractivity contribution is -0.123. The smallest absolute Gasteiger partial charge is 0.235 e. The van der Waals surface area contributed by atoms with E-state index >= 15 is 0 Å². The highest BCUT2D eigenvalue weighted by Crippen LogP contribution is 2.24. The summed E-state index contributed by atoms with van der Waals surface area (Å²) in [6.07, 6.45) is 4.85. The minimum Gasteiger partial charge on any atom is -0.342 e. The van der Waals surface area contributed by atoms with Gasteiger partial charge in [0.15, 0.2) is 0 Å². The van der Waals surface area contributed by atoms with Crippen LogP contribution in [0.4, 0.5) is 4.39 Å². The first-order valence-corrected chi connectivity index (χ1v) is 11.3. The van der Waals surface area contributed by atoms with E-state index in [1.165, 1.54) is 17.7 Å². The van der Waals surface area contributed by atoms with Gasteiger partial charge in [-0.15, -0.1) is 11.3 Å². The number of nitrogens with zero attached hydrogens (tertiary/aromatic N) is 2. The molecule has 1 aliphatic rings. The number of likely N-dealkylation sites (tertiary alicyclic amines) is 1. The number of nitrogens with one attached hydrogen (secondary N) is 1. The number of halogens is 1. The maximum absolute atomic E-state index is 13.1. The van der Waals surface area contributed by atoms with Crippen LogP contribution < -0.4 is 5.32 Å². The second-order valence-electron chi connectivity index (χ2n) is 7.83. The summed E-state index contributed by atoms with van der Waals surface area (Å²) in [6.45, 7) is 2.22. The summed E-state index contributed by atoms with van der Waals surface area (Å²) >= 11 is 1.55. The molecule has 1 atom stereocenters. The fraction of sp³-hybridized carbons (Fsp3) is 0.333. The number of thiazole rings is 1. The molecule has 0 saturated carbocycles. The number of benzene rings is 2. The standard InChI is InChI=1S/C24H26FN3OS/c25-21-8-6-18(7-9-21)16-19-10-13-28(14-11-19)17-22(29)27-23(24-26-12-15-30-24)20-4-2-1-3-5-20/h1-9,12,15,19,23H,10-11,13-14,16-17H2,(H,27,29). The number of aromatic nitrogens is 1. The normalized spacial score (nSPS) is 16.3. The summed E-state index contributed by atoms with van der Waals surface area (Å²) in [5.41, 5.74) is 2.22. The van der Waals surface area contributed by atoms with Gasteiger partial charge in [0, 0.05) is 11.6 Å². The van der Waals surface area contributed by atoms with Crippen molar-refractivity contribution in [2.24, 2.45) is 5.92 Å². The zero-order valence-electron chi connectivity index (χ0n) is 16.8. The highest BCUT2D eigenvalue weighted by Gasteiger charge is 2.24. The minimum absolute atomic E-state index is 0.0241.